The summed E-state index contributed by atoms with van der Waals surface area (Å²) in [7, 11) is 0. The number of aliphatic carboxylic acids is 1. The van der Waals surface area contributed by atoms with E-state index in [9.17, 15) is 14.7 Å². The topological polar surface area (TPSA) is 75.6 Å². The van der Waals surface area contributed by atoms with E-state index in [1.54, 1.807) is 20.8 Å². The number of rotatable bonds is 5. The van der Waals surface area contributed by atoms with E-state index in [1.165, 1.54) is 10.5 Å². The van der Waals surface area contributed by atoms with Gasteiger partial charge >= 0.3 is 149 Å². The fourth-order valence-corrected chi connectivity index (χ4v) is 5.56. The monoisotopic (exact) mass is 443 g/mol. The van der Waals surface area contributed by atoms with Crippen molar-refractivity contribution in [1.82, 2.24) is 5.32 Å². The van der Waals surface area contributed by atoms with Crippen LogP contribution in [-0.2, 0) is 16.0 Å². The van der Waals surface area contributed by atoms with Crippen LogP contribution in [0.25, 0.3) is 0 Å². The van der Waals surface area contributed by atoms with Crippen LogP contribution in [0, 0.1) is 0 Å². The molecule has 0 saturated carbocycles. The summed E-state index contributed by atoms with van der Waals surface area (Å²) < 4.78 is 6.56. The Balaban J connectivity index is 2.92. The van der Waals surface area contributed by atoms with E-state index >= 15 is 0 Å². The predicted molar refractivity (Wildman–Crippen MR) is 98.5 cm³/mol. The Morgan fingerprint density at radius 3 is 1.96 bits per heavy atom. The van der Waals surface area contributed by atoms with Crippen LogP contribution in [0.15, 0.2) is 24.3 Å². The molecule has 0 radical (unpaired) electrons. The van der Waals surface area contributed by atoms with Gasteiger partial charge in [-0.05, 0) is 0 Å². The third-order valence-electron chi connectivity index (χ3n) is 3.63. The third-order valence-corrected chi connectivity index (χ3v) is 9.52. The summed E-state index contributed by atoms with van der Waals surface area (Å²) in [6, 6.07) is 8.08. The van der Waals surface area contributed by atoms with Crippen LogP contribution in [0.2, 0.25) is 14.8 Å². The molecule has 0 aliphatic carbocycles. The molecule has 1 unspecified atom stereocenters. The molecular weight excluding hydrogens is 413 g/mol. The number of amides is 1. The second kappa shape index (κ2) is 7.33. The maximum absolute atomic E-state index is 12.0. The van der Waals surface area contributed by atoms with E-state index in [-0.39, 0.29) is 6.42 Å². The predicted octanol–water partition coefficient (Wildman–Crippen LogP) is 3.14. The molecule has 0 heterocycles. The number of carbonyl (C=O) groups is 2. The van der Waals surface area contributed by atoms with Gasteiger partial charge in [0.2, 0.25) is 0 Å². The number of carbonyl (C=O) groups excluding carboxylic acids is 1. The third kappa shape index (κ3) is 6.34. The van der Waals surface area contributed by atoms with Gasteiger partial charge in [0, 0.05) is 0 Å². The Bertz CT molecular complexity index is 599. The number of ether oxygens (including phenoxy) is 1. The zero-order valence-electron chi connectivity index (χ0n) is 15.7. The van der Waals surface area contributed by atoms with E-state index in [1.807, 2.05) is 12.1 Å². The molecule has 5 nitrogen and oxygen atoms in total. The van der Waals surface area contributed by atoms with Crippen LogP contribution in [-0.4, -0.2) is 46.7 Å². The van der Waals surface area contributed by atoms with E-state index in [4.69, 9.17) is 4.74 Å². The molecule has 134 valence electrons. The molecule has 0 bridgehead atoms. The summed E-state index contributed by atoms with van der Waals surface area (Å²) in [5.41, 5.74) is -1.23. The van der Waals surface area contributed by atoms with Crippen LogP contribution >= 0.6 is 0 Å². The summed E-state index contributed by atoms with van der Waals surface area (Å²) in [4.78, 5) is 30.6. The van der Waals surface area contributed by atoms with Crippen LogP contribution < -0.4 is 8.90 Å². The summed E-state index contributed by atoms with van der Waals surface area (Å²) in [5, 5.41) is 12.1. The first-order valence-corrected chi connectivity index (χ1v) is 18.1. The number of hydrogen-bond acceptors (Lipinski definition) is 3. The van der Waals surface area contributed by atoms with E-state index in [2.05, 4.69) is 32.3 Å². The van der Waals surface area contributed by atoms with Gasteiger partial charge in [0.05, 0.1) is 0 Å². The number of carboxylic acids is 1. The van der Waals surface area contributed by atoms with Crippen molar-refractivity contribution in [2.45, 2.75) is 60.1 Å². The molecule has 24 heavy (non-hydrogen) atoms. The number of hydrogen-bond donors (Lipinski definition) is 2. The Morgan fingerprint density at radius 1 is 1.08 bits per heavy atom. The van der Waals surface area contributed by atoms with Crippen molar-refractivity contribution in [2.24, 2.45) is 0 Å². The maximum atomic E-state index is 12.0. The molecule has 1 aromatic rings. The minimum atomic E-state index is -2.13. The number of nitrogens with one attached hydrogen (secondary N) is 1. The van der Waals surface area contributed by atoms with Gasteiger partial charge < -0.3 is 0 Å². The first kappa shape index (κ1) is 20.8. The Hall–Kier alpha value is -1.24. The van der Waals surface area contributed by atoms with Crippen molar-refractivity contribution in [3.63, 3.8) is 0 Å². The number of benzene rings is 1. The molecule has 1 amide bonds. The van der Waals surface area contributed by atoms with E-state index < -0.39 is 41.6 Å². The van der Waals surface area contributed by atoms with Crippen LogP contribution in [0.4, 0.5) is 4.79 Å². The summed E-state index contributed by atoms with van der Waals surface area (Å²) >= 11 is -2.13. The van der Waals surface area contributed by atoms with Crippen molar-refractivity contribution >= 4 is 34.0 Å². The minimum absolute atomic E-state index is 0.196. The van der Waals surface area contributed by atoms with Crippen LogP contribution in [0.3, 0.4) is 0 Å². The second-order valence-electron chi connectivity index (χ2n) is 8.39. The fraction of sp³-hybridized carbons (Fsp3) is 0.556. The quantitative estimate of drug-likeness (QED) is 0.688. The van der Waals surface area contributed by atoms with Crippen molar-refractivity contribution in [2.75, 3.05) is 0 Å². The molecule has 0 aliphatic rings. The van der Waals surface area contributed by atoms with Crippen molar-refractivity contribution in [1.29, 1.82) is 0 Å². The number of alkyl carbamates (subject to hydrolysis) is 1. The van der Waals surface area contributed by atoms with Crippen LogP contribution in [0.5, 0.6) is 0 Å². The van der Waals surface area contributed by atoms with Crippen molar-refractivity contribution in [3.05, 3.63) is 29.8 Å². The molecule has 0 saturated heterocycles. The van der Waals surface area contributed by atoms with Gasteiger partial charge in [-0.1, -0.05) is 0 Å². The van der Waals surface area contributed by atoms with Gasteiger partial charge in [-0.2, -0.15) is 0 Å². The molecular formula is C18H29NO4Sn. The standard InChI is InChI=1S/C15H20NO4.3CH3.Sn/c1-14(2,3)20-13(19)16-15(4,12(17)18)10-11-8-6-5-7-9-11;;;;/h6-9H,10H2,1-4H3,(H,16,19)(H,17,18);3*1H3;. The van der Waals surface area contributed by atoms with Gasteiger partial charge in [-0.25, -0.2) is 0 Å². The second-order valence-corrected chi connectivity index (χ2v) is 22.9. The Morgan fingerprint density at radius 2 is 1.58 bits per heavy atom. The molecule has 0 fully saturated rings. The molecule has 6 heteroatoms. The molecule has 1 rings (SSSR count). The first-order chi connectivity index (χ1) is 10.7. The molecule has 1 aromatic carbocycles. The SMILES string of the molecule is CC(C)(C)OC(=O)NC(C)(Cc1cc[c]([Sn]([CH3])([CH3])[CH3])cc1)C(=O)O. The molecule has 0 spiro atoms. The molecule has 2 N–H and O–H groups in total. The fourth-order valence-electron chi connectivity index (χ4n) is 2.23. The van der Waals surface area contributed by atoms with Crippen molar-refractivity contribution < 1.29 is 19.4 Å². The van der Waals surface area contributed by atoms with Crippen molar-refractivity contribution in [3.8, 4) is 0 Å². The Kier molecular flexibility index (Phi) is 6.36. The van der Waals surface area contributed by atoms with Gasteiger partial charge in [0.1, 0.15) is 0 Å². The van der Waals surface area contributed by atoms with Crippen LogP contribution in [0.1, 0.15) is 33.3 Å². The molecule has 1 atom stereocenters. The molecule has 0 aliphatic heterocycles. The van der Waals surface area contributed by atoms with Gasteiger partial charge in [-0.3, -0.25) is 0 Å². The van der Waals surface area contributed by atoms with E-state index in [0.29, 0.717) is 0 Å². The van der Waals surface area contributed by atoms with E-state index in [0.717, 1.165) is 5.56 Å². The normalized spacial score (nSPS) is 14.6. The van der Waals surface area contributed by atoms with Gasteiger partial charge in [-0.15, -0.1) is 0 Å². The Labute approximate surface area is 148 Å². The van der Waals surface area contributed by atoms with Gasteiger partial charge in [0.25, 0.3) is 0 Å². The summed E-state index contributed by atoms with van der Waals surface area (Å²) in [6.07, 6.45) is -0.531. The molecule has 0 aromatic heterocycles. The first-order valence-electron chi connectivity index (χ1n) is 8.07. The summed E-state index contributed by atoms with van der Waals surface area (Å²) in [5.74, 6) is -1.09. The number of carboxylic acid groups (broad SMARTS) is 1. The average Bonchev–Trinajstić information content (AvgIpc) is 2.35. The zero-order valence-corrected chi connectivity index (χ0v) is 18.5. The average molecular weight is 442 g/mol. The van der Waals surface area contributed by atoms with Gasteiger partial charge in [0.15, 0.2) is 0 Å². The zero-order chi connectivity index (χ0) is 18.8. The summed E-state index contributed by atoms with van der Waals surface area (Å²) in [6.45, 7) is 6.71.